The number of amides is 1. The summed E-state index contributed by atoms with van der Waals surface area (Å²) in [5.41, 5.74) is 1.35. The number of sulfonamides is 2. The second-order valence-corrected chi connectivity index (χ2v) is 11.3. The number of hydrogen-bond donors (Lipinski definition) is 1. The zero-order valence-corrected chi connectivity index (χ0v) is 19.7. The van der Waals surface area contributed by atoms with Gasteiger partial charge in [0, 0.05) is 27.7 Å². The third-order valence-electron chi connectivity index (χ3n) is 4.63. The molecule has 1 N–H and O–H groups in total. The first kappa shape index (κ1) is 24.8. The highest BCUT2D eigenvalue weighted by molar-refractivity contribution is 7.89. The quantitative estimate of drug-likeness (QED) is 0.590. The maximum absolute atomic E-state index is 12.7. The molecule has 0 aliphatic rings. The Morgan fingerprint density at radius 1 is 0.935 bits per heavy atom. The number of nitrogens with zero attached hydrogens (tertiary/aromatic N) is 2. The Bertz CT molecular complexity index is 1140. The van der Waals surface area contributed by atoms with Gasteiger partial charge in [-0.2, -0.15) is 4.31 Å². The highest BCUT2D eigenvalue weighted by Gasteiger charge is 2.23. The molecule has 31 heavy (non-hydrogen) atoms. The van der Waals surface area contributed by atoms with Crippen molar-refractivity contribution in [1.29, 1.82) is 0 Å². The molecule has 0 spiro atoms. The summed E-state index contributed by atoms with van der Waals surface area (Å²) < 4.78 is 56.8. The molecule has 2 rings (SSSR count). The number of nitrogens with one attached hydrogen (secondary N) is 1. The van der Waals surface area contributed by atoms with E-state index in [2.05, 4.69) is 5.32 Å². The number of hydrogen-bond acceptors (Lipinski definition) is 6. The van der Waals surface area contributed by atoms with Crippen LogP contribution in [0.25, 0.3) is 0 Å². The highest BCUT2D eigenvalue weighted by Crippen LogP contribution is 2.23. The van der Waals surface area contributed by atoms with Crippen molar-refractivity contribution < 1.29 is 26.4 Å². The predicted octanol–water partition coefficient (Wildman–Crippen LogP) is 1.19. The maximum atomic E-state index is 12.7. The highest BCUT2D eigenvalue weighted by atomic mass is 32.2. The summed E-state index contributed by atoms with van der Waals surface area (Å²) in [7, 11) is -1.65. The lowest BCUT2D eigenvalue weighted by molar-refractivity contribution is -0.121. The third kappa shape index (κ3) is 5.82. The van der Waals surface area contributed by atoms with Gasteiger partial charge in [-0.05, 0) is 48.4 Å². The fourth-order valence-corrected chi connectivity index (χ4v) is 4.84. The number of rotatable bonds is 9. The van der Waals surface area contributed by atoms with Crippen molar-refractivity contribution in [2.24, 2.45) is 0 Å². The van der Waals surface area contributed by atoms with Crippen LogP contribution >= 0.6 is 0 Å². The SMILES string of the molecule is COc1ccc(S(=O)(=O)N(C)CC(=O)NCc2ccc(S(=O)(=O)N(C)C)cc2)cc1C. The minimum atomic E-state index is -3.85. The smallest absolute Gasteiger partial charge is 0.243 e. The van der Waals surface area contributed by atoms with Gasteiger partial charge in [-0.1, -0.05) is 12.1 Å². The van der Waals surface area contributed by atoms with E-state index >= 15 is 0 Å². The Hall–Kier alpha value is -2.47. The van der Waals surface area contributed by atoms with E-state index in [4.69, 9.17) is 4.74 Å². The molecule has 0 aliphatic heterocycles. The molecule has 0 fully saturated rings. The molecule has 170 valence electrons. The first-order chi connectivity index (χ1) is 14.4. The van der Waals surface area contributed by atoms with Gasteiger partial charge in [-0.3, -0.25) is 4.79 Å². The van der Waals surface area contributed by atoms with Crippen molar-refractivity contribution in [3.63, 3.8) is 0 Å². The van der Waals surface area contributed by atoms with Gasteiger partial charge in [0.25, 0.3) is 0 Å². The molecule has 0 heterocycles. The molecular weight excluding hydrogens is 442 g/mol. The molecule has 0 aliphatic carbocycles. The van der Waals surface area contributed by atoms with Gasteiger partial charge in [0.15, 0.2) is 0 Å². The van der Waals surface area contributed by atoms with Crippen molar-refractivity contribution in [2.45, 2.75) is 23.3 Å². The van der Waals surface area contributed by atoms with Gasteiger partial charge >= 0.3 is 0 Å². The second kappa shape index (κ2) is 9.77. The molecule has 11 heteroatoms. The van der Waals surface area contributed by atoms with E-state index in [1.54, 1.807) is 25.1 Å². The monoisotopic (exact) mass is 469 g/mol. The molecule has 0 atom stereocenters. The minimum Gasteiger partial charge on any atom is -0.496 e. The lowest BCUT2D eigenvalue weighted by Gasteiger charge is -2.18. The summed E-state index contributed by atoms with van der Waals surface area (Å²) in [6, 6.07) is 10.6. The van der Waals surface area contributed by atoms with E-state index in [1.807, 2.05) is 0 Å². The Balaban J connectivity index is 2.00. The first-order valence-electron chi connectivity index (χ1n) is 9.28. The van der Waals surface area contributed by atoms with Crippen LogP contribution in [0.3, 0.4) is 0 Å². The van der Waals surface area contributed by atoms with Crippen LogP contribution in [-0.2, 0) is 31.4 Å². The lowest BCUT2D eigenvalue weighted by Crippen LogP contribution is -2.38. The van der Waals surface area contributed by atoms with Gasteiger partial charge in [0.1, 0.15) is 5.75 Å². The van der Waals surface area contributed by atoms with Gasteiger partial charge in [-0.25, -0.2) is 21.1 Å². The fourth-order valence-electron chi connectivity index (χ4n) is 2.73. The topological polar surface area (TPSA) is 113 Å². The average molecular weight is 470 g/mol. The zero-order valence-electron chi connectivity index (χ0n) is 18.1. The van der Waals surface area contributed by atoms with Crippen LogP contribution < -0.4 is 10.1 Å². The van der Waals surface area contributed by atoms with E-state index in [-0.39, 0.29) is 22.9 Å². The standard InChI is InChI=1S/C20H27N3O6S2/c1-15-12-18(10-11-19(15)29-5)31(27,28)23(4)14-20(24)21-13-16-6-8-17(9-7-16)30(25,26)22(2)3/h6-12H,13-14H2,1-5H3,(H,21,24). The molecule has 0 aromatic heterocycles. The molecule has 2 aromatic carbocycles. The summed E-state index contributed by atoms with van der Waals surface area (Å²) >= 11 is 0. The maximum Gasteiger partial charge on any atom is 0.243 e. The van der Waals surface area contributed by atoms with Gasteiger partial charge in [0.2, 0.25) is 26.0 Å². The van der Waals surface area contributed by atoms with Gasteiger partial charge in [-0.15, -0.1) is 0 Å². The van der Waals surface area contributed by atoms with E-state index < -0.39 is 26.0 Å². The molecule has 1 amide bonds. The van der Waals surface area contributed by atoms with Crippen LogP contribution in [0.4, 0.5) is 0 Å². The van der Waals surface area contributed by atoms with Crippen molar-refractivity contribution in [1.82, 2.24) is 13.9 Å². The first-order valence-corrected chi connectivity index (χ1v) is 12.2. The number of likely N-dealkylation sites (N-methyl/N-ethyl adjacent to an activating group) is 1. The molecule has 9 nitrogen and oxygen atoms in total. The van der Waals surface area contributed by atoms with Gasteiger partial charge < -0.3 is 10.1 Å². The van der Waals surface area contributed by atoms with Crippen LogP contribution in [0.2, 0.25) is 0 Å². The average Bonchev–Trinajstić information content (AvgIpc) is 2.72. The molecule has 0 saturated carbocycles. The van der Waals surface area contributed by atoms with Crippen molar-refractivity contribution in [2.75, 3.05) is 34.8 Å². The zero-order chi connectivity index (χ0) is 23.4. The van der Waals surface area contributed by atoms with E-state index in [9.17, 15) is 21.6 Å². The normalized spacial score (nSPS) is 12.2. The Morgan fingerprint density at radius 3 is 2.03 bits per heavy atom. The number of carbonyl (C=O) groups is 1. The molecule has 0 bridgehead atoms. The Labute approximate surface area is 183 Å². The Kier molecular flexibility index (Phi) is 7.82. The summed E-state index contributed by atoms with van der Waals surface area (Å²) in [5.74, 6) is 0.0880. The third-order valence-corrected chi connectivity index (χ3v) is 8.26. The van der Waals surface area contributed by atoms with E-state index in [1.165, 1.54) is 52.5 Å². The van der Waals surface area contributed by atoms with Crippen LogP contribution in [0.15, 0.2) is 52.3 Å². The lowest BCUT2D eigenvalue weighted by atomic mass is 10.2. The summed E-state index contributed by atoms with van der Waals surface area (Å²) in [5, 5.41) is 2.64. The number of ether oxygens (including phenoxy) is 1. The number of methoxy groups -OCH3 is 1. The number of aryl methyl sites for hydroxylation is 1. The van der Waals surface area contributed by atoms with Crippen molar-refractivity contribution in [3.05, 3.63) is 53.6 Å². The van der Waals surface area contributed by atoms with Gasteiger partial charge in [0.05, 0.1) is 23.4 Å². The second-order valence-electron chi connectivity index (χ2n) is 7.10. The van der Waals surface area contributed by atoms with Crippen molar-refractivity contribution >= 4 is 26.0 Å². The Morgan fingerprint density at radius 2 is 1.52 bits per heavy atom. The molecule has 0 saturated heterocycles. The van der Waals surface area contributed by atoms with Crippen LogP contribution in [0.1, 0.15) is 11.1 Å². The van der Waals surface area contributed by atoms with Crippen molar-refractivity contribution in [3.8, 4) is 5.75 Å². The molecule has 0 unspecified atom stereocenters. The van der Waals surface area contributed by atoms with Crippen LogP contribution in [-0.4, -0.2) is 66.2 Å². The van der Waals surface area contributed by atoms with Crippen LogP contribution in [0, 0.1) is 6.92 Å². The number of benzene rings is 2. The fraction of sp³-hybridized carbons (Fsp3) is 0.350. The minimum absolute atomic E-state index is 0.0683. The predicted molar refractivity (Wildman–Crippen MR) is 117 cm³/mol. The van der Waals surface area contributed by atoms with E-state index in [0.717, 1.165) is 8.61 Å². The van der Waals surface area contributed by atoms with E-state index in [0.29, 0.717) is 16.9 Å². The number of carbonyl (C=O) groups excluding carboxylic acids is 1. The molecule has 2 aromatic rings. The molecular formula is C20H27N3O6S2. The summed E-state index contributed by atoms with van der Waals surface area (Å²) in [6.07, 6.45) is 0. The van der Waals surface area contributed by atoms with Crippen LogP contribution in [0.5, 0.6) is 5.75 Å². The summed E-state index contributed by atoms with van der Waals surface area (Å²) in [6.45, 7) is 1.51. The molecule has 0 radical (unpaired) electrons. The largest absolute Gasteiger partial charge is 0.496 e. The summed E-state index contributed by atoms with van der Waals surface area (Å²) in [4.78, 5) is 12.5.